The average molecular weight is 234 g/mol. The van der Waals surface area contributed by atoms with Gasteiger partial charge in [0.2, 0.25) is 5.91 Å². The summed E-state index contributed by atoms with van der Waals surface area (Å²) < 4.78 is 5.33. The largest absolute Gasteiger partial charge is 0.384 e. The second kappa shape index (κ2) is 5.19. The van der Waals surface area contributed by atoms with Gasteiger partial charge in [0.25, 0.3) is 0 Å². The van der Waals surface area contributed by atoms with Gasteiger partial charge in [0.15, 0.2) is 0 Å². The van der Waals surface area contributed by atoms with Gasteiger partial charge >= 0.3 is 0 Å². The number of nitrogens with two attached hydrogens (primary N) is 1. The van der Waals surface area contributed by atoms with Crippen LogP contribution in [0.4, 0.5) is 5.69 Å². The van der Waals surface area contributed by atoms with Crippen LogP contribution in [0.15, 0.2) is 18.2 Å². The number of benzene rings is 1. The maximum absolute atomic E-state index is 11.0. The van der Waals surface area contributed by atoms with Crippen LogP contribution in [0, 0.1) is 12.8 Å². The fraction of sp³-hybridized carbons (Fsp3) is 0.462. The van der Waals surface area contributed by atoms with E-state index >= 15 is 0 Å². The Morgan fingerprint density at radius 3 is 3.00 bits per heavy atom. The lowest BCUT2D eigenvalue weighted by Crippen LogP contribution is -2.15. The van der Waals surface area contributed by atoms with Gasteiger partial charge in [-0.1, -0.05) is 0 Å². The second-order valence-electron chi connectivity index (χ2n) is 4.50. The van der Waals surface area contributed by atoms with Gasteiger partial charge in [-0.05, 0) is 37.1 Å². The van der Waals surface area contributed by atoms with Gasteiger partial charge in [0, 0.05) is 30.3 Å². The van der Waals surface area contributed by atoms with Gasteiger partial charge in [-0.3, -0.25) is 4.79 Å². The van der Waals surface area contributed by atoms with Crippen molar-refractivity contribution in [1.29, 1.82) is 0 Å². The van der Waals surface area contributed by atoms with E-state index in [1.54, 1.807) is 6.07 Å². The Bertz CT molecular complexity index is 412. The second-order valence-corrected chi connectivity index (χ2v) is 4.50. The van der Waals surface area contributed by atoms with E-state index in [4.69, 9.17) is 10.5 Å². The maximum Gasteiger partial charge on any atom is 0.248 e. The predicted octanol–water partition coefficient (Wildman–Crippen LogP) is 1.54. The SMILES string of the molecule is Cc1cc(C(N)=O)ccc1NCC1CCOC1. The average Bonchev–Trinajstić information content (AvgIpc) is 2.80. The lowest BCUT2D eigenvalue weighted by molar-refractivity contribution is 0.1000. The molecular formula is C13H18N2O2. The Kier molecular flexibility index (Phi) is 3.64. The number of rotatable bonds is 4. The summed E-state index contributed by atoms with van der Waals surface area (Å²) in [5.74, 6) is 0.203. The van der Waals surface area contributed by atoms with Crippen molar-refractivity contribution >= 4 is 11.6 Å². The summed E-state index contributed by atoms with van der Waals surface area (Å²) in [6.45, 7) is 4.59. The Morgan fingerprint density at radius 2 is 2.41 bits per heavy atom. The van der Waals surface area contributed by atoms with Crippen molar-refractivity contribution in [2.75, 3.05) is 25.1 Å². The molecule has 1 aromatic carbocycles. The quantitative estimate of drug-likeness (QED) is 0.830. The van der Waals surface area contributed by atoms with Crippen LogP contribution in [0.25, 0.3) is 0 Å². The van der Waals surface area contributed by atoms with Gasteiger partial charge < -0.3 is 15.8 Å². The Morgan fingerprint density at radius 1 is 1.59 bits per heavy atom. The van der Waals surface area contributed by atoms with E-state index in [1.165, 1.54) is 0 Å². The molecule has 3 N–H and O–H groups in total. The van der Waals surface area contributed by atoms with E-state index in [1.807, 2.05) is 19.1 Å². The summed E-state index contributed by atoms with van der Waals surface area (Å²) >= 11 is 0. The molecule has 1 heterocycles. The molecule has 1 aliphatic rings. The van der Waals surface area contributed by atoms with E-state index < -0.39 is 0 Å². The van der Waals surface area contributed by atoms with Crippen LogP contribution in [-0.2, 0) is 4.74 Å². The normalized spacial score (nSPS) is 19.2. The molecule has 0 saturated carbocycles. The molecule has 1 saturated heterocycles. The molecule has 4 nitrogen and oxygen atoms in total. The zero-order chi connectivity index (χ0) is 12.3. The molecule has 1 unspecified atom stereocenters. The van der Waals surface area contributed by atoms with Gasteiger partial charge in [0.1, 0.15) is 0 Å². The predicted molar refractivity (Wildman–Crippen MR) is 67.1 cm³/mol. The summed E-state index contributed by atoms with van der Waals surface area (Å²) in [5, 5.41) is 3.39. The van der Waals surface area contributed by atoms with Crippen molar-refractivity contribution in [3.63, 3.8) is 0 Å². The highest BCUT2D eigenvalue weighted by atomic mass is 16.5. The third-order valence-corrected chi connectivity index (χ3v) is 3.12. The molecule has 1 aromatic rings. The first kappa shape index (κ1) is 11.9. The monoisotopic (exact) mass is 234 g/mol. The van der Waals surface area contributed by atoms with E-state index in [0.717, 1.165) is 37.4 Å². The van der Waals surface area contributed by atoms with Crippen molar-refractivity contribution in [2.45, 2.75) is 13.3 Å². The van der Waals surface area contributed by atoms with Crippen molar-refractivity contribution in [3.8, 4) is 0 Å². The van der Waals surface area contributed by atoms with Crippen LogP contribution in [-0.4, -0.2) is 25.7 Å². The number of anilines is 1. The molecule has 1 fully saturated rings. The van der Waals surface area contributed by atoms with Crippen molar-refractivity contribution in [1.82, 2.24) is 0 Å². The first-order chi connectivity index (χ1) is 8.16. The van der Waals surface area contributed by atoms with Gasteiger partial charge in [-0.2, -0.15) is 0 Å². The summed E-state index contributed by atoms with van der Waals surface area (Å²) in [5.41, 5.74) is 7.88. The fourth-order valence-corrected chi connectivity index (χ4v) is 2.01. The third-order valence-electron chi connectivity index (χ3n) is 3.12. The lowest BCUT2D eigenvalue weighted by Gasteiger charge is -2.13. The number of carbonyl (C=O) groups is 1. The number of aryl methyl sites for hydroxylation is 1. The molecule has 1 aliphatic heterocycles. The number of carbonyl (C=O) groups excluding carboxylic acids is 1. The number of amides is 1. The Balaban J connectivity index is 1.98. The topological polar surface area (TPSA) is 64.4 Å². The van der Waals surface area contributed by atoms with Crippen LogP contribution in [0.2, 0.25) is 0 Å². The molecule has 1 amide bonds. The maximum atomic E-state index is 11.0. The zero-order valence-electron chi connectivity index (χ0n) is 10.0. The van der Waals surface area contributed by atoms with E-state index in [0.29, 0.717) is 11.5 Å². The first-order valence-corrected chi connectivity index (χ1v) is 5.89. The number of hydrogen-bond acceptors (Lipinski definition) is 3. The Hall–Kier alpha value is -1.55. The molecule has 92 valence electrons. The molecule has 0 radical (unpaired) electrons. The van der Waals surface area contributed by atoms with Crippen molar-refractivity contribution in [2.24, 2.45) is 11.7 Å². The highest BCUT2D eigenvalue weighted by Gasteiger charge is 2.15. The summed E-state index contributed by atoms with van der Waals surface area (Å²) in [6, 6.07) is 5.48. The van der Waals surface area contributed by atoms with Crippen LogP contribution in [0.3, 0.4) is 0 Å². The van der Waals surface area contributed by atoms with Gasteiger partial charge in [-0.25, -0.2) is 0 Å². The highest BCUT2D eigenvalue weighted by molar-refractivity contribution is 5.93. The summed E-state index contributed by atoms with van der Waals surface area (Å²) in [7, 11) is 0. The molecule has 0 aliphatic carbocycles. The minimum Gasteiger partial charge on any atom is -0.384 e. The fourth-order valence-electron chi connectivity index (χ4n) is 2.01. The Labute approximate surface area is 101 Å². The van der Waals surface area contributed by atoms with Crippen LogP contribution < -0.4 is 11.1 Å². The summed E-state index contributed by atoms with van der Waals surface area (Å²) in [4.78, 5) is 11.0. The number of primary amides is 1. The lowest BCUT2D eigenvalue weighted by atomic mass is 10.1. The molecule has 1 atom stereocenters. The van der Waals surface area contributed by atoms with E-state index in [-0.39, 0.29) is 5.91 Å². The molecule has 0 bridgehead atoms. The minimum absolute atomic E-state index is 0.385. The summed E-state index contributed by atoms with van der Waals surface area (Å²) in [6.07, 6.45) is 1.12. The molecular weight excluding hydrogens is 216 g/mol. The standard InChI is InChI=1S/C13H18N2O2/c1-9-6-11(13(14)16)2-3-12(9)15-7-10-4-5-17-8-10/h2-3,6,10,15H,4-5,7-8H2,1H3,(H2,14,16). The smallest absolute Gasteiger partial charge is 0.248 e. The van der Waals surface area contributed by atoms with Crippen LogP contribution in [0.5, 0.6) is 0 Å². The molecule has 4 heteroatoms. The third kappa shape index (κ3) is 2.97. The van der Waals surface area contributed by atoms with Gasteiger partial charge in [-0.15, -0.1) is 0 Å². The number of nitrogens with one attached hydrogen (secondary N) is 1. The molecule has 17 heavy (non-hydrogen) atoms. The number of ether oxygens (including phenoxy) is 1. The number of hydrogen-bond donors (Lipinski definition) is 2. The zero-order valence-corrected chi connectivity index (χ0v) is 10.0. The van der Waals surface area contributed by atoms with Crippen molar-refractivity contribution < 1.29 is 9.53 Å². The highest BCUT2D eigenvalue weighted by Crippen LogP contribution is 2.18. The minimum atomic E-state index is -0.385. The van der Waals surface area contributed by atoms with Crippen LogP contribution >= 0.6 is 0 Å². The van der Waals surface area contributed by atoms with E-state index in [9.17, 15) is 4.79 Å². The molecule has 0 spiro atoms. The van der Waals surface area contributed by atoms with E-state index in [2.05, 4.69) is 5.32 Å². The van der Waals surface area contributed by atoms with Gasteiger partial charge in [0.05, 0.1) is 6.61 Å². The van der Waals surface area contributed by atoms with Crippen molar-refractivity contribution in [3.05, 3.63) is 29.3 Å². The first-order valence-electron chi connectivity index (χ1n) is 5.89. The van der Waals surface area contributed by atoms with Crippen LogP contribution in [0.1, 0.15) is 22.3 Å². The molecule has 0 aromatic heterocycles. The molecule has 2 rings (SSSR count).